The van der Waals surface area contributed by atoms with E-state index in [1.54, 1.807) is 24.3 Å². The summed E-state index contributed by atoms with van der Waals surface area (Å²) in [5, 5.41) is 19.5. The molecule has 4 aromatic rings. The molecule has 0 spiro atoms. The normalized spacial score (nSPS) is 10.7. The molecule has 4 aromatic carbocycles. The van der Waals surface area contributed by atoms with Crippen LogP contribution in [-0.2, 0) is 0 Å². The van der Waals surface area contributed by atoms with E-state index in [4.69, 9.17) is 0 Å². The molecule has 0 radical (unpaired) electrons. The van der Waals surface area contributed by atoms with Gasteiger partial charge in [-0.25, -0.2) is 0 Å². The lowest BCUT2D eigenvalue weighted by molar-refractivity contribution is 0.475. The third kappa shape index (κ3) is 4.39. The van der Waals surface area contributed by atoms with Crippen molar-refractivity contribution in [1.29, 1.82) is 0 Å². The van der Waals surface area contributed by atoms with E-state index in [1.807, 2.05) is 36.4 Å². The quantitative estimate of drug-likeness (QED) is 0.424. The Morgan fingerprint density at radius 3 is 1.28 bits per heavy atom. The number of phenols is 2. The van der Waals surface area contributed by atoms with Crippen molar-refractivity contribution in [2.75, 3.05) is 0 Å². The molecule has 0 unspecified atom stereocenters. The zero-order chi connectivity index (χ0) is 20.1. The van der Waals surface area contributed by atoms with Gasteiger partial charge in [0, 0.05) is 5.92 Å². The highest BCUT2D eigenvalue weighted by Crippen LogP contribution is 2.33. The summed E-state index contributed by atoms with van der Waals surface area (Å²) < 4.78 is 0. The van der Waals surface area contributed by atoms with E-state index in [0.717, 1.165) is 16.7 Å². The van der Waals surface area contributed by atoms with Crippen molar-refractivity contribution in [1.82, 2.24) is 0 Å². The third-order valence-electron chi connectivity index (χ3n) is 5.01. The monoisotopic (exact) mass is 378 g/mol. The van der Waals surface area contributed by atoms with E-state index in [2.05, 4.69) is 54.6 Å². The van der Waals surface area contributed by atoms with Gasteiger partial charge in [0.2, 0.25) is 0 Å². The van der Waals surface area contributed by atoms with E-state index >= 15 is 0 Å². The van der Waals surface area contributed by atoms with Gasteiger partial charge in [0.15, 0.2) is 0 Å². The van der Waals surface area contributed by atoms with Crippen LogP contribution in [0.15, 0.2) is 115 Å². The summed E-state index contributed by atoms with van der Waals surface area (Å²) >= 11 is 0. The molecule has 0 bridgehead atoms. The lowest BCUT2D eigenvalue weighted by atomic mass is 9.86. The van der Waals surface area contributed by atoms with Gasteiger partial charge in [0.25, 0.3) is 0 Å². The summed E-state index contributed by atoms with van der Waals surface area (Å²) in [6, 6.07) is 35.3. The van der Waals surface area contributed by atoms with Crippen LogP contribution in [0.3, 0.4) is 0 Å². The topological polar surface area (TPSA) is 40.5 Å². The first-order chi connectivity index (χ1) is 14.2. The highest BCUT2D eigenvalue weighted by Gasteiger charge is 2.15. The van der Waals surface area contributed by atoms with Gasteiger partial charge in [-0.2, -0.15) is 0 Å². The Balaban J connectivity index is 1.90. The molecule has 0 aliphatic heterocycles. The molecule has 0 saturated heterocycles. The first-order valence-corrected chi connectivity index (χ1v) is 9.61. The highest BCUT2D eigenvalue weighted by atomic mass is 16.3. The Morgan fingerprint density at radius 2 is 0.897 bits per heavy atom. The van der Waals surface area contributed by atoms with Crippen LogP contribution < -0.4 is 0 Å². The molecule has 2 heteroatoms. The fourth-order valence-electron chi connectivity index (χ4n) is 3.51. The van der Waals surface area contributed by atoms with E-state index in [1.165, 1.54) is 11.1 Å². The number of benzene rings is 4. The molecule has 2 nitrogen and oxygen atoms in total. The minimum absolute atomic E-state index is 0.0648. The Kier molecular flexibility index (Phi) is 5.44. The average molecular weight is 378 g/mol. The van der Waals surface area contributed by atoms with Crippen molar-refractivity contribution in [3.63, 3.8) is 0 Å². The molecule has 2 N–H and O–H groups in total. The van der Waals surface area contributed by atoms with Crippen LogP contribution in [0.5, 0.6) is 11.5 Å². The van der Waals surface area contributed by atoms with E-state index in [-0.39, 0.29) is 17.4 Å². The maximum Gasteiger partial charge on any atom is 0.115 e. The molecule has 4 rings (SSSR count). The summed E-state index contributed by atoms with van der Waals surface area (Å²) in [6.07, 6.45) is 2.25. The molecular weight excluding hydrogens is 356 g/mol. The van der Waals surface area contributed by atoms with Crippen LogP contribution in [-0.4, -0.2) is 10.2 Å². The van der Waals surface area contributed by atoms with Crippen molar-refractivity contribution in [3.8, 4) is 11.5 Å². The number of rotatable bonds is 5. The molecule has 0 heterocycles. The fourth-order valence-corrected chi connectivity index (χ4v) is 3.51. The van der Waals surface area contributed by atoms with Crippen molar-refractivity contribution < 1.29 is 10.2 Å². The molecule has 0 atom stereocenters. The molecule has 0 saturated carbocycles. The fraction of sp³-hybridized carbons (Fsp3) is 0.0370. The van der Waals surface area contributed by atoms with Crippen molar-refractivity contribution >= 4 is 5.57 Å². The van der Waals surface area contributed by atoms with Crippen LogP contribution >= 0.6 is 0 Å². The van der Waals surface area contributed by atoms with Crippen molar-refractivity contribution in [3.05, 3.63) is 138 Å². The molecular formula is C27H22O2. The summed E-state index contributed by atoms with van der Waals surface area (Å²) in [5.74, 6) is 0.540. The van der Waals surface area contributed by atoms with Gasteiger partial charge >= 0.3 is 0 Å². The molecule has 142 valence electrons. The van der Waals surface area contributed by atoms with Gasteiger partial charge in [-0.1, -0.05) is 91.0 Å². The standard InChI is InChI=1S/C27H22O2/c28-24-15-11-22(12-16-24)27(23-13-17-25(29)18-14-23)19-26(20-7-3-1-4-8-20)21-9-5-2-6-10-21/h1-19,26,28-29H. The number of allylic oxidation sites excluding steroid dienone is 1. The van der Waals surface area contributed by atoms with Gasteiger partial charge < -0.3 is 10.2 Å². The van der Waals surface area contributed by atoms with Crippen LogP contribution in [0.25, 0.3) is 5.57 Å². The molecule has 0 aliphatic carbocycles. The summed E-state index contributed by atoms with van der Waals surface area (Å²) in [6.45, 7) is 0. The predicted octanol–water partition coefficient (Wildman–Crippen LogP) is 6.36. The van der Waals surface area contributed by atoms with Crippen LogP contribution in [0.1, 0.15) is 28.2 Å². The van der Waals surface area contributed by atoms with Gasteiger partial charge in [0.1, 0.15) is 11.5 Å². The first kappa shape index (κ1) is 18.6. The summed E-state index contributed by atoms with van der Waals surface area (Å²) in [4.78, 5) is 0. The number of hydrogen-bond acceptors (Lipinski definition) is 2. The zero-order valence-corrected chi connectivity index (χ0v) is 15.9. The SMILES string of the molecule is Oc1ccc(C(=CC(c2ccccc2)c2ccccc2)c2ccc(O)cc2)cc1. The van der Waals surface area contributed by atoms with Crippen LogP contribution in [0.2, 0.25) is 0 Å². The summed E-state index contributed by atoms with van der Waals surface area (Å²) in [7, 11) is 0. The maximum atomic E-state index is 9.73. The Hall–Kier alpha value is -3.78. The van der Waals surface area contributed by atoms with Gasteiger partial charge in [-0.05, 0) is 52.1 Å². The van der Waals surface area contributed by atoms with Gasteiger partial charge in [-0.3, -0.25) is 0 Å². The van der Waals surface area contributed by atoms with Crippen molar-refractivity contribution in [2.45, 2.75) is 5.92 Å². The first-order valence-electron chi connectivity index (χ1n) is 9.61. The van der Waals surface area contributed by atoms with Gasteiger partial charge in [0.05, 0.1) is 0 Å². The number of aromatic hydroxyl groups is 2. The molecule has 0 amide bonds. The zero-order valence-electron chi connectivity index (χ0n) is 15.9. The van der Waals surface area contributed by atoms with Crippen LogP contribution in [0, 0.1) is 0 Å². The third-order valence-corrected chi connectivity index (χ3v) is 5.01. The second-order valence-corrected chi connectivity index (χ2v) is 6.97. The second kappa shape index (κ2) is 8.49. The largest absolute Gasteiger partial charge is 0.508 e. The Morgan fingerprint density at radius 1 is 0.517 bits per heavy atom. The van der Waals surface area contributed by atoms with Gasteiger partial charge in [-0.15, -0.1) is 0 Å². The Bertz CT molecular complexity index is 994. The Labute approximate surface area is 171 Å². The average Bonchev–Trinajstić information content (AvgIpc) is 2.77. The molecule has 0 aliphatic rings. The summed E-state index contributed by atoms with van der Waals surface area (Å²) in [5.41, 5.74) is 5.46. The lowest BCUT2D eigenvalue weighted by Gasteiger charge is -2.18. The van der Waals surface area contributed by atoms with E-state index in [9.17, 15) is 10.2 Å². The highest BCUT2D eigenvalue weighted by molar-refractivity contribution is 5.81. The second-order valence-electron chi connectivity index (χ2n) is 6.97. The molecule has 29 heavy (non-hydrogen) atoms. The minimum Gasteiger partial charge on any atom is -0.508 e. The van der Waals surface area contributed by atoms with E-state index in [0.29, 0.717) is 0 Å². The minimum atomic E-state index is 0.0648. The predicted molar refractivity (Wildman–Crippen MR) is 118 cm³/mol. The number of hydrogen-bond donors (Lipinski definition) is 2. The van der Waals surface area contributed by atoms with Crippen molar-refractivity contribution in [2.24, 2.45) is 0 Å². The number of phenolic OH excluding ortho intramolecular Hbond substituents is 2. The lowest BCUT2D eigenvalue weighted by Crippen LogP contribution is -2.00. The van der Waals surface area contributed by atoms with Crippen LogP contribution in [0.4, 0.5) is 0 Å². The van der Waals surface area contributed by atoms with E-state index < -0.39 is 0 Å². The maximum absolute atomic E-state index is 9.73. The smallest absolute Gasteiger partial charge is 0.115 e. The molecule has 0 aromatic heterocycles. The molecule has 0 fully saturated rings.